The summed E-state index contributed by atoms with van der Waals surface area (Å²) in [6.45, 7) is 18.4. The molecule has 0 aliphatic heterocycles. The highest BCUT2D eigenvalue weighted by atomic mass is 16.5. The lowest BCUT2D eigenvalue weighted by molar-refractivity contribution is -0.118. The van der Waals surface area contributed by atoms with Crippen LogP contribution in [0.2, 0.25) is 0 Å². The van der Waals surface area contributed by atoms with Crippen LogP contribution in [0.5, 0.6) is 0 Å². The molecule has 2 aromatic rings. The minimum Gasteiger partial charge on any atom is -0.379 e. The minimum absolute atomic E-state index is 0.0216. The van der Waals surface area contributed by atoms with Crippen molar-refractivity contribution in [3.63, 3.8) is 0 Å². The maximum Gasteiger partial charge on any atom is 0.132 e. The van der Waals surface area contributed by atoms with Gasteiger partial charge in [-0.05, 0) is 6.92 Å². The number of hydrogen-bond donors (Lipinski definition) is 1. The number of rotatable bonds is 11. The molecule has 0 saturated carbocycles. The van der Waals surface area contributed by atoms with Crippen LogP contribution in [0.1, 0.15) is 66.3 Å². The van der Waals surface area contributed by atoms with Crippen LogP contribution in [0, 0.1) is 0 Å². The van der Waals surface area contributed by atoms with Gasteiger partial charge in [-0.2, -0.15) is 0 Å². The first kappa shape index (κ1) is 27.9. The molecule has 182 valence electrons. The Morgan fingerprint density at radius 2 is 1.28 bits per heavy atom. The van der Waals surface area contributed by atoms with Gasteiger partial charge < -0.3 is 15.2 Å². The zero-order chi connectivity index (χ0) is 24.2. The minimum atomic E-state index is 0.0216. The molecule has 0 spiro atoms. The first-order valence-electron chi connectivity index (χ1n) is 11.1. The van der Waals surface area contributed by atoms with Crippen LogP contribution in [0.4, 0.5) is 0 Å². The first-order chi connectivity index (χ1) is 14.9. The van der Waals surface area contributed by atoms with Crippen molar-refractivity contribution in [2.75, 3.05) is 33.0 Å². The second-order valence-corrected chi connectivity index (χ2v) is 9.70. The Labute approximate surface area is 191 Å². The Balaban J connectivity index is 0.000000323. The van der Waals surface area contributed by atoms with Crippen molar-refractivity contribution >= 4 is 5.78 Å². The van der Waals surface area contributed by atoms with Gasteiger partial charge in [0.25, 0.3) is 0 Å². The third kappa shape index (κ3) is 11.4. The summed E-state index contributed by atoms with van der Waals surface area (Å²) in [7, 11) is 0. The van der Waals surface area contributed by atoms with Crippen molar-refractivity contribution in [3.05, 3.63) is 23.8 Å². The SMILES string of the molecule is CC(=O)CCOCCn1cc(C(C)(C)C)nn1.CC(C)(C)c1cn(CCOCCN)nn1. The number of nitrogens with zero attached hydrogens (tertiary/aromatic N) is 6. The van der Waals surface area contributed by atoms with Gasteiger partial charge in [0, 0.05) is 36.2 Å². The van der Waals surface area contributed by atoms with Gasteiger partial charge in [0.1, 0.15) is 5.78 Å². The molecule has 2 heterocycles. The van der Waals surface area contributed by atoms with E-state index in [4.69, 9.17) is 15.2 Å². The van der Waals surface area contributed by atoms with Gasteiger partial charge in [0.2, 0.25) is 0 Å². The number of hydrogen-bond acceptors (Lipinski definition) is 8. The molecule has 0 aromatic carbocycles. The van der Waals surface area contributed by atoms with Crippen LogP contribution in [0.3, 0.4) is 0 Å². The van der Waals surface area contributed by atoms with E-state index < -0.39 is 0 Å². The number of carbonyl (C=O) groups excluding carboxylic acids is 1. The van der Waals surface area contributed by atoms with Crippen molar-refractivity contribution in [1.82, 2.24) is 30.0 Å². The summed E-state index contributed by atoms with van der Waals surface area (Å²) in [6.07, 6.45) is 4.38. The lowest BCUT2D eigenvalue weighted by Crippen LogP contribution is -2.13. The van der Waals surface area contributed by atoms with Gasteiger partial charge in [-0.25, -0.2) is 9.36 Å². The van der Waals surface area contributed by atoms with Crippen LogP contribution in [0.25, 0.3) is 0 Å². The van der Waals surface area contributed by atoms with Crippen molar-refractivity contribution in [3.8, 4) is 0 Å². The Hall–Kier alpha value is -2.17. The summed E-state index contributed by atoms with van der Waals surface area (Å²) < 4.78 is 14.2. The molecule has 0 aliphatic carbocycles. The summed E-state index contributed by atoms with van der Waals surface area (Å²) in [6, 6.07) is 0. The van der Waals surface area contributed by atoms with E-state index in [9.17, 15) is 4.79 Å². The van der Waals surface area contributed by atoms with E-state index in [0.717, 1.165) is 17.9 Å². The average Bonchev–Trinajstić information content (AvgIpc) is 3.34. The fraction of sp³-hybridized carbons (Fsp3) is 0.773. The zero-order valence-electron chi connectivity index (χ0n) is 20.8. The molecule has 0 atom stereocenters. The maximum atomic E-state index is 10.7. The first-order valence-corrected chi connectivity index (χ1v) is 11.1. The number of nitrogens with two attached hydrogens (primary N) is 1. The molecule has 0 saturated heterocycles. The predicted molar refractivity (Wildman–Crippen MR) is 123 cm³/mol. The Kier molecular flexibility index (Phi) is 11.7. The van der Waals surface area contributed by atoms with Gasteiger partial charge in [-0.15, -0.1) is 10.2 Å². The van der Waals surface area contributed by atoms with Crippen LogP contribution in [0.15, 0.2) is 12.4 Å². The molecule has 0 amide bonds. The lowest BCUT2D eigenvalue weighted by atomic mass is 9.93. The average molecular weight is 452 g/mol. The summed E-state index contributed by atoms with van der Waals surface area (Å²) in [5.74, 6) is 0.153. The highest BCUT2D eigenvalue weighted by molar-refractivity contribution is 5.75. The van der Waals surface area contributed by atoms with E-state index in [1.807, 2.05) is 12.4 Å². The smallest absolute Gasteiger partial charge is 0.132 e. The maximum absolute atomic E-state index is 10.7. The molecule has 2 aromatic heterocycles. The molecule has 0 aliphatic rings. The molecule has 32 heavy (non-hydrogen) atoms. The topological polar surface area (TPSA) is 123 Å². The van der Waals surface area contributed by atoms with Gasteiger partial charge in [-0.1, -0.05) is 52.0 Å². The second-order valence-electron chi connectivity index (χ2n) is 9.70. The van der Waals surface area contributed by atoms with E-state index in [1.165, 1.54) is 0 Å². The summed E-state index contributed by atoms with van der Waals surface area (Å²) in [4.78, 5) is 10.7. The number of aromatic nitrogens is 6. The molecule has 0 radical (unpaired) electrons. The number of ether oxygens (including phenoxy) is 2. The fourth-order valence-corrected chi connectivity index (χ4v) is 2.32. The van der Waals surface area contributed by atoms with E-state index in [0.29, 0.717) is 45.9 Å². The van der Waals surface area contributed by atoms with E-state index in [-0.39, 0.29) is 16.6 Å². The van der Waals surface area contributed by atoms with Crippen LogP contribution in [-0.2, 0) is 38.2 Å². The largest absolute Gasteiger partial charge is 0.379 e. The van der Waals surface area contributed by atoms with Gasteiger partial charge in [0.05, 0.1) is 50.9 Å². The molecule has 2 N–H and O–H groups in total. The van der Waals surface area contributed by atoms with Crippen molar-refractivity contribution in [1.29, 1.82) is 0 Å². The van der Waals surface area contributed by atoms with Crippen LogP contribution >= 0.6 is 0 Å². The Morgan fingerprint density at radius 1 is 0.844 bits per heavy atom. The van der Waals surface area contributed by atoms with Crippen molar-refractivity contribution < 1.29 is 14.3 Å². The Morgan fingerprint density at radius 3 is 1.62 bits per heavy atom. The quantitative estimate of drug-likeness (QED) is 0.515. The highest BCUT2D eigenvalue weighted by Crippen LogP contribution is 2.19. The molecular weight excluding hydrogens is 410 g/mol. The van der Waals surface area contributed by atoms with Crippen molar-refractivity contribution in [2.45, 2.75) is 78.8 Å². The number of ketones is 1. The zero-order valence-corrected chi connectivity index (χ0v) is 20.8. The summed E-state index contributed by atoms with van der Waals surface area (Å²) >= 11 is 0. The normalized spacial score (nSPS) is 11.9. The van der Waals surface area contributed by atoms with Gasteiger partial charge in [0.15, 0.2) is 0 Å². The van der Waals surface area contributed by atoms with Gasteiger partial charge in [-0.3, -0.25) is 4.79 Å². The molecule has 0 bridgehead atoms. The fourth-order valence-electron chi connectivity index (χ4n) is 2.32. The molecule has 10 nitrogen and oxygen atoms in total. The van der Waals surface area contributed by atoms with E-state index >= 15 is 0 Å². The summed E-state index contributed by atoms with van der Waals surface area (Å²) in [5, 5.41) is 16.3. The van der Waals surface area contributed by atoms with Crippen LogP contribution < -0.4 is 5.73 Å². The monoisotopic (exact) mass is 451 g/mol. The van der Waals surface area contributed by atoms with Crippen LogP contribution in [-0.4, -0.2) is 68.7 Å². The molecule has 0 fully saturated rings. The lowest BCUT2D eigenvalue weighted by Gasteiger charge is -2.12. The predicted octanol–water partition coefficient (Wildman–Crippen LogP) is 2.12. The third-order valence-electron chi connectivity index (χ3n) is 4.40. The molecule has 2 rings (SSSR count). The van der Waals surface area contributed by atoms with Crippen molar-refractivity contribution in [2.24, 2.45) is 5.73 Å². The standard InChI is InChI=1S/C12H21N3O2.C10H20N4O/c1-10(16)5-7-17-8-6-15-9-11(13-14-15)12(2,3)4;1-10(2,3)9-8-14(13-12-9)5-7-15-6-4-11/h9H,5-8H2,1-4H3;8H,4-7,11H2,1-3H3. The number of carbonyl (C=O) groups is 1. The number of Topliss-reactive ketones (excluding diaryl/α,β-unsaturated/α-hetero) is 1. The molecular formula is C22H41N7O3. The Bertz CT molecular complexity index is 788. The van der Waals surface area contributed by atoms with E-state index in [1.54, 1.807) is 16.3 Å². The van der Waals surface area contributed by atoms with E-state index in [2.05, 4.69) is 62.2 Å². The summed E-state index contributed by atoms with van der Waals surface area (Å²) in [5.41, 5.74) is 7.36. The third-order valence-corrected chi connectivity index (χ3v) is 4.40. The molecule has 0 unspecified atom stereocenters. The highest BCUT2D eigenvalue weighted by Gasteiger charge is 2.18. The second kappa shape index (κ2) is 13.4. The van der Waals surface area contributed by atoms with Gasteiger partial charge >= 0.3 is 0 Å². The molecule has 10 heteroatoms.